The van der Waals surface area contributed by atoms with Gasteiger partial charge in [0.2, 0.25) is 5.91 Å². The van der Waals surface area contributed by atoms with Gasteiger partial charge >= 0.3 is 6.03 Å². The number of amides is 4. The molecule has 130 valence electrons. The van der Waals surface area contributed by atoms with Crippen molar-refractivity contribution in [3.05, 3.63) is 29.3 Å². The van der Waals surface area contributed by atoms with Gasteiger partial charge in [-0.25, -0.2) is 4.79 Å². The Balaban J connectivity index is 1.98. The number of nitrogens with zero attached hydrogens (tertiary/aromatic N) is 1. The van der Waals surface area contributed by atoms with Crippen LogP contribution in [-0.4, -0.2) is 34.8 Å². The van der Waals surface area contributed by atoms with E-state index in [2.05, 4.69) is 24.5 Å². The van der Waals surface area contributed by atoms with Crippen LogP contribution < -0.4 is 10.6 Å². The maximum absolute atomic E-state index is 12.5. The average Bonchev–Trinajstić information content (AvgIpc) is 2.72. The zero-order chi connectivity index (χ0) is 17.9. The summed E-state index contributed by atoms with van der Waals surface area (Å²) in [6.07, 6.45) is 1.36. The number of nitrogens with one attached hydrogen (secondary N) is 2. The second-order valence-electron chi connectivity index (χ2n) is 6.64. The van der Waals surface area contributed by atoms with Crippen LogP contribution >= 0.6 is 11.6 Å². The van der Waals surface area contributed by atoms with E-state index < -0.39 is 17.5 Å². The lowest BCUT2D eigenvalue weighted by atomic mass is 9.92. The van der Waals surface area contributed by atoms with Gasteiger partial charge in [0.15, 0.2) is 0 Å². The number of anilines is 1. The number of hydrogen-bond donors (Lipinski definition) is 2. The van der Waals surface area contributed by atoms with Gasteiger partial charge in [-0.15, -0.1) is 0 Å². The van der Waals surface area contributed by atoms with E-state index in [0.717, 1.165) is 11.3 Å². The van der Waals surface area contributed by atoms with E-state index in [1.807, 2.05) is 0 Å². The van der Waals surface area contributed by atoms with Gasteiger partial charge < -0.3 is 10.6 Å². The number of urea groups is 1. The van der Waals surface area contributed by atoms with Crippen LogP contribution in [0.4, 0.5) is 10.5 Å². The third-order valence-corrected chi connectivity index (χ3v) is 4.25. The number of hydrogen-bond acceptors (Lipinski definition) is 3. The van der Waals surface area contributed by atoms with Crippen LogP contribution in [0, 0.1) is 5.92 Å². The van der Waals surface area contributed by atoms with Gasteiger partial charge in [-0.3, -0.25) is 14.5 Å². The smallest absolute Gasteiger partial charge is 0.325 e. The molecule has 24 heavy (non-hydrogen) atoms. The summed E-state index contributed by atoms with van der Waals surface area (Å²) in [5, 5.41) is 5.90. The summed E-state index contributed by atoms with van der Waals surface area (Å²) in [5.41, 5.74) is -0.388. The molecular formula is C17H22ClN3O3. The Labute approximate surface area is 146 Å². The Morgan fingerprint density at radius 1 is 1.29 bits per heavy atom. The lowest BCUT2D eigenvalue weighted by Crippen LogP contribution is -2.44. The molecule has 0 aliphatic carbocycles. The Morgan fingerprint density at radius 3 is 2.50 bits per heavy atom. The van der Waals surface area contributed by atoms with Gasteiger partial charge in [0, 0.05) is 10.7 Å². The molecule has 1 aliphatic heterocycles. The van der Waals surface area contributed by atoms with Crippen LogP contribution in [0.1, 0.15) is 33.6 Å². The Bertz CT molecular complexity index is 645. The molecule has 0 saturated carbocycles. The summed E-state index contributed by atoms with van der Waals surface area (Å²) >= 11 is 5.79. The van der Waals surface area contributed by atoms with Gasteiger partial charge in [-0.1, -0.05) is 25.4 Å². The molecule has 4 amide bonds. The largest absolute Gasteiger partial charge is 0.325 e. The standard InChI is InChI=1S/C17H22ClN3O3/c1-11(2)8-9-17(3)15(23)21(16(24)20-17)10-14(22)19-13-6-4-12(18)5-7-13/h4-7,11H,8-10H2,1-3H3,(H,19,22)(H,20,24)/t17-/m0/s1. The Morgan fingerprint density at radius 2 is 1.92 bits per heavy atom. The minimum atomic E-state index is -0.943. The van der Waals surface area contributed by atoms with Gasteiger partial charge in [0.25, 0.3) is 5.91 Å². The highest BCUT2D eigenvalue weighted by atomic mass is 35.5. The Kier molecular flexibility index (Phi) is 5.49. The lowest BCUT2D eigenvalue weighted by Gasteiger charge is -2.22. The first-order valence-electron chi connectivity index (χ1n) is 7.91. The highest BCUT2D eigenvalue weighted by molar-refractivity contribution is 6.30. The van der Waals surface area contributed by atoms with Gasteiger partial charge in [-0.2, -0.15) is 0 Å². The third kappa shape index (κ3) is 4.26. The van der Waals surface area contributed by atoms with Crippen LogP contribution in [0.5, 0.6) is 0 Å². The van der Waals surface area contributed by atoms with Crippen LogP contribution in [0.2, 0.25) is 5.02 Å². The second kappa shape index (κ2) is 7.21. The molecule has 1 atom stereocenters. The number of benzene rings is 1. The minimum Gasteiger partial charge on any atom is -0.325 e. The number of carbonyl (C=O) groups is 3. The van der Waals surface area contributed by atoms with Crippen molar-refractivity contribution in [1.29, 1.82) is 0 Å². The van der Waals surface area contributed by atoms with E-state index in [-0.39, 0.29) is 12.5 Å². The molecule has 0 radical (unpaired) electrons. The number of imide groups is 1. The Hall–Kier alpha value is -2.08. The molecule has 0 spiro atoms. The van der Waals surface area contributed by atoms with E-state index in [0.29, 0.717) is 23.0 Å². The van der Waals surface area contributed by atoms with Gasteiger partial charge in [0.05, 0.1) is 0 Å². The van der Waals surface area contributed by atoms with E-state index in [1.165, 1.54) is 0 Å². The number of carbonyl (C=O) groups excluding carboxylic acids is 3. The predicted octanol–water partition coefficient (Wildman–Crippen LogP) is 3.03. The summed E-state index contributed by atoms with van der Waals surface area (Å²) in [6.45, 7) is 5.50. The molecule has 1 aliphatic rings. The molecule has 0 aromatic heterocycles. The van der Waals surface area contributed by atoms with Gasteiger partial charge in [0.1, 0.15) is 12.1 Å². The summed E-state index contributed by atoms with van der Waals surface area (Å²) in [7, 11) is 0. The van der Waals surface area contributed by atoms with Crippen LogP contribution in [0.3, 0.4) is 0 Å². The molecule has 1 saturated heterocycles. The summed E-state index contributed by atoms with van der Waals surface area (Å²) in [5.74, 6) is -0.373. The van der Waals surface area contributed by atoms with Crippen molar-refractivity contribution >= 4 is 35.1 Å². The highest BCUT2D eigenvalue weighted by Gasteiger charge is 2.47. The van der Waals surface area contributed by atoms with Crippen molar-refractivity contribution in [3.63, 3.8) is 0 Å². The summed E-state index contributed by atoms with van der Waals surface area (Å²) in [6, 6.07) is 6.07. The molecule has 6 nitrogen and oxygen atoms in total. The number of rotatable bonds is 6. The monoisotopic (exact) mass is 351 g/mol. The average molecular weight is 352 g/mol. The van der Waals surface area contributed by atoms with Crippen molar-refractivity contribution in [2.24, 2.45) is 5.92 Å². The highest BCUT2D eigenvalue weighted by Crippen LogP contribution is 2.24. The molecule has 0 bridgehead atoms. The fourth-order valence-electron chi connectivity index (χ4n) is 2.51. The number of halogens is 1. The maximum atomic E-state index is 12.5. The molecule has 1 aromatic carbocycles. The van der Waals surface area contributed by atoms with E-state index >= 15 is 0 Å². The molecule has 2 N–H and O–H groups in total. The molecule has 1 heterocycles. The fourth-order valence-corrected chi connectivity index (χ4v) is 2.64. The van der Waals surface area contributed by atoms with Crippen molar-refractivity contribution in [1.82, 2.24) is 10.2 Å². The third-order valence-electron chi connectivity index (χ3n) is 4.00. The molecule has 2 rings (SSSR count). The second-order valence-corrected chi connectivity index (χ2v) is 7.08. The molecule has 1 fully saturated rings. The van der Waals surface area contributed by atoms with Crippen LogP contribution in [0.25, 0.3) is 0 Å². The minimum absolute atomic E-state index is 0.315. The van der Waals surface area contributed by atoms with E-state index in [4.69, 9.17) is 11.6 Å². The van der Waals surface area contributed by atoms with E-state index in [9.17, 15) is 14.4 Å². The van der Waals surface area contributed by atoms with Crippen LogP contribution in [-0.2, 0) is 9.59 Å². The molecule has 0 unspecified atom stereocenters. The fraction of sp³-hybridized carbons (Fsp3) is 0.471. The van der Waals surface area contributed by atoms with Crippen LogP contribution in [0.15, 0.2) is 24.3 Å². The summed E-state index contributed by atoms with van der Waals surface area (Å²) in [4.78, 5) is 37.7. The first-order valence-corrected chi connectivity index (χ1v) is 8.28. The maximum Gasteiger partial charge on any atom is 0.325 e. The predicted molar refractivity (Wildman–Crippen MR) is 92.8 cm³/mol. The molecule has 1 aromatic rings. The van der Waals surface area contributed by atoms with Crippen molar-refractivity contribution in [2.75, 3.05) is 11.9 Å². The van der Waals surface area contributed by atoms with E-state index in [1.54, 1.807) is 31.2 Å². The lowest BCUT2D eigenvalue weighted by molar-refractivity contribution is -0.133. The molecular weight excluding hydrogens is 330 g/mol. The quantitative estimate of drug-likeness (QED) is 0.773. The van der Waals surface area contributed by atoms with Crippen molar-refractivity contribution < 1.29 is 14.4 Å². The zero-order valence-electron chi connectivity index (χ0n) is 14.1. The van der Waals surface area contributed by atoms with Crippen molar-refractivity contribution in [3.8, 4) is 0 Å². The summed E-state index contributed by atoms with van der Waals surface area (Å²) < 4.78 is 0. The zero-order valence-corrected chi connectivity index (χ0v) is 14.8. The SMILES string of the molecule is CC(C)CC[C@]1(C)NC(=O)N(CC(=O)Nc2ccc(Cl)cc2)C1=O. The topological polar surface area (TPSA) is 78.5 Å². The van der Waals surface area contributed by atoms with Crippen molar-refractivity contribution in [2.45, 2.75) is 39.2 Å². The first kappa shape index (κ1) is 18.3. The first-order chi connectivity index (χ1) is 11.2. The van der Waals surface area contributed by atoms with Gasteiger partial charge in [-0.05, 0) is 49.9 Å². The molecule has 7 heteroatoms. The normalized spacial score (nSPS) is 20.5.